The summed E-state index contributed by atoms with van der Waals surface area (Å²) in [5, 5.41) is 7.72. The van der Waals surface area contributed by atoms with Gasteiger partial charge in [-0.15, -0.1) is 0 Å². The second kappa shape index (κ2) is 6.37. The second-order valence-corrected chi connectivity index (χ2v) is 6.70. The summed E-state index contributed by atoms with van der Waals surface area (Å²) >= 11 is 6.25. The first-order chi connectivity index (χ1) is 12.1. The van der Waals surface area contributed by atoms with Gasteiger partial charge in [0, 0.05) is 16.5 Å². The summed E-state index contributed by atoms with van der Waals surface area (Å²) < 4.78 is 5.43. The lowest BCUT2D eigenvalue weighted by atomic mass is 10.1. The molecule has 3 aromatic rings. The maximum atomic E-state index is 12.7. The van der Waals surface area contributed by atoms with E-state index in [9.17, 15) is 4.79 Å². The van der Waals surface area contributed by atoms with Crippen molar-refractivity contribution in [3.63, 3.8) is 0 Å². The Bertz CT molecular complexity index is 920. The van der Waals surface area contributed by atoms with Gasteiger partial charge < -0.3 is 9.84 Å². The van der Waals surface area contributed by atoms with Crippen LogP contribution >= 0.6 is 11.6 Å². The molecule has 0 spiro atoms. The van der Waals surface area contributed by atoms with Crippen molar-refractivity contribution in [3.05, 3.63) is 70.9 Å². The first kappa shape index (κ1) is 15.9. The van der Waals surface area contributed by atoms with Crippen LogP contribution in [0.15, 0.2) is 59.1 Å². The van der Waals surface area contributed by atoms with Crippen molar-refractivity contribution in [1.29, 1.82) is 0 Å². The number of rotatable bonds is 4. The average molecular weight is 353 g/mol. The van der Waals surface area contributed by atoms with Crippen LogP contribution in [0.5, 0.6) is 0 Å². The lowest BCUT2D eigenvalue weighted by Gasteiger charge is -2.06. The molecule has 126 valence electrons. The summed E-state index contributed by atoms with van der Waals surface area (Å²) in [4.78, 5) is 12.7. The highest BCUT2D eigenvalue weighted by Gasteiger charge is 2.45. The van der Waals surface area contributed by atoms with E-state index in [1.807, 2.05) is 61.5 Å². The normalized spacial score (nSPS) is 18.8. The quantitative estimate of drug-likeness (QED) is 0.715. The van der Waals surface area contributed by atoms with Crippen LogP contribution in [0.3, 0.4) is 0 Å². The molecule has 1 aliphatic rings. The monoisotopic (exact) mass is 352 g/mol. The Hall–Kier alpha value is -2.59. The van der Waals surface area contributed by atoms with Gasteiger partial charge >= 0.3 is 0 Å². The van der Waals surface area contributed by atoms with Gasteiger partial charge in [0.15, 0.2) is 5.76 Å². The van der Waals surface area contributed by atoms with Crippen molar-refractivity contribution < 1.29 is 9.32 Å². The van der Waals surface area contributed by atoms with Crippen molar-refractivity contribution >= 4 is 23.2 Å². The Morgan fingerprint density at radius 1 is 1.16 bits per heavy atom. The third kappa shape index (κ3) is 3.05. The van der Waals surface area contributed by atoms with Crippen molar-refractivity contribution in [2.45, 2.75) is 19.3 Å². The van der Waals surface area contributed by atoms with Gasteiger partial charge in [0.05, 0.1) is 0 Å². The number of nitrogens with one attached hydrogen (secondary N) is 1. The van der Waals surface area contributed by atoms with E-state index >= 15 is 0 Å². The minimum absolute atomic E-state index is 0.0200. The summed E-state index contributed by atoms with van der Waals surface area (Å²) in [6, 6.07) is 17.3. The number of benzene rings is 2. The van der Waals surface area contributed by atoms with Gasteiger partial charge in [-0.05, 0) is 30.9 Å². The van der Waals surface area contributed by atoms with Crippen LogP contribution in [0.2, 0.25) is 5.02 Å². The van der Waals surface area contributed by atoms with Gasteiger partial charge in [0.1, 0.15) is 11.4 Å². The molecule has 0 unspecified atom stereocenters. The number of hydrogen-bond acceptors (Lipinski definition) is 3. The van der Waals surface area contributed by atoms with Gasteiger partial charge in [-0.2, -0.15) is 0 Å². The first-order valence-electron chi connectivity index (χ1n) is 8.22. The van der Waals surface area contributed by atoms with Crippen LogP contribution in [0.1, 0.15) is 23.6 Å². The smallest absolute Gasteiger partial charge is 0.228 e. The van der Waals surface area contributed by atoms with Gasteiger partial charge in [-0.1, -0.05) is 65.3 Å². The Morgan fingerprint density at radius 3 is 2.64 bits per heavy atom. The standard InChI is InChI=1S/C20H17ClN2O2/c1-12-18(19(25-23-12)13-7-3-2-4-8-13)22-20(24)16-11-15(16)14-9-5-6-10-17(14)21/h2-10,15-16H,11H2,1H3,(H,22,24)/t15-,16+/m0/s1. The van der Waals surface area contributed by atoms with Crippen LogP contribution in [-0.2, 0) is 4.79 Å². The van der Waals surface area contributed by atoms with Crippen molar-refractivity contribution in [2.75, 3.05) is 5.32 Å². The van der Waals surface area contributed by atoms with Crippen LogP contribution in [0, 0.1) is 12.8 Å². The van der Waals surface area contributed by atoms with E-state index in [2.05, 4.69) is 10.5 Å². The molecule has 1 amide bonds. The molecule has 5 heteroatoms. The maximum absolute atomic E-state index is 12.7. The zero-order valence-electron chi connectivity index (χ0n) is 13.7. The second-order valence-electron chi connectivity index (χ2n) is 6.30. The summed E-state index contributed by atoms with van der Waals surface area (Å²) in [5.41, 5.74) is 3.23. The summed E-state index contributed by atoms with van der Waals surface area (Å²) in [6.45, 7) is 1.82. The van der Waals surface area contributed by atoms with Crippen LogP contribution < -0.4 is 5.32 Å². The molecular weight excluding hydrogens is 336 g/mol. The fraction of sp³-hybridized carbons (Fsp3) is 0.200. The largest absolute Gasteiger partial charge is 0.354 e. The summed E-state index contributed by atoms with van der Waals surface area (Å²) in [5.74, 6) is 0.668. The number of halogens is 1. The molecular formula is C20H17ClN2O2. The van der Waals surface area contributed by atoms with Gasteiger partial charge in [0.2, 0.25) is 5.91 Å². The highest BCUT2D eigenvalue weighted by Crippen LogP contribution is 2.50. The molecule has 0 saturated heterocycles. The first-order valence-corrected chi connectivity index (χ1v) is 8.60. The molecule has 4 rings (SSSR count). The molecule has 0 radical (unpaired) electrons. The van der Waals surface area contributed by atoms with Gasteiger partial charge in [-0.25, -0.2) is 0 Å². The highest BCUT2D eigenvalue weighted by atomic mass is 35.5. The minimum Gasteiger partial charge on any atom is -0.354 e. The Labute approximate surface area is 150 Å². The number of aryl methyl sites for hydroxylation is 1. The molecule has 1 saturated carbocycles. The molecule has 2 atom stereocenters. The van der Waals surface area contributed by atoms with Crippen LogP contribution in [-0.4, -0.2) is 11.1 Å². The zero-order valence-corrected chi connectivity index (χ0v) is 14.5. The summed E-state index contributed by atoms with van der Waals surface area (Å²) in [6.07, 6.45) is 0.806. The Kier molecular flexibility index (Phi) is 4.06. The van der Waals surface area contributed by atoms with E-state index in [4.69, 9.17) is 16.1 Å². The molecule has 2 aromatic carbocycles. The predicted octanol–water partition coefficient (Wildman–Crippen LogP) is 5.05. The number of hydrogen-bond donors (Lipinski definition) is 1. The number of anilines is 1. The fourth-order valence-electron chi connectivity index (χ4n) is 3.12. The predicted molar refractivity (Wildman–Crippen MR) is 97.6 cm³/mol. The molecule has 25 heavy (non-hydrogen) atoms. The third-order valence-corrected chi connectivity index (χ3v) is 4.92. The molecule has 1 heterocycles. The number of carbonyl (C=O) groups excluding carboxylic acids is 1. The Morgan fingerprint density at radius 2 is 1.88 bits per heavy atom. The van der Waals surface area contributed by atoms with Crippen molar-refractivity contribution in [2.24, 2.45) is 5.92 Å². The molecule has 0 aliphatic heterocycles. The summed E-state index contributed by atoms with van der Waals surface area (Å²) in [7, 11) is 0. The van der Waals surface area contributed by atoms with Crippen molar-refractivity contribution in [1.82, 2.24) is 5.16 Å². The SMILES string of the molecule is Cc1noc(-c2ccccc2)c1NC(=O)[C@@H]1C[C@H]1c1ccccc1Cl. The van der Waals surface area contributed by atoms with Gasteiger partial charge in [0.25, 0.3) is 0 Å². The molecule has 1 fully saturated rings. The number of nitrogens with zero attached hydrogens (tertiary/aromatic N) is 1. The van der Waals surface area contributed by atoms with Gasteiger partial charge in [-0.3, -0.25) is 4.79 Å². The van der Waals surface area contributed by atoms with E-state index in [-0.39, 0.29) is 17.7 Å². The molecule has 4 nitrogen and oxygen atoms in total. The van der Waals surface area contributed by atoms with E-state index in [0.29, 0.717) is 22.2 Å². The van der Waals surface area contributed by atoms with Crippen LogP contribution in [0.25, 0.3) is 11.3 Å². The van der Waals surface area contributed by atoms with E-state index in [1.54, 1.807) is 0 Å². The van der Waals surface area contributed by atoms with Crippen LogP contribution in [0.4, 0.5) is 5.69 Å². The Balaban J connectivity index is 1.53. The maximum Gasteiger partial charge on any atom is 0.228 e. The number of aromatic nitrogens is 1. The molecule has 1 aliphatic carbocycles. The van der Waals surface area contributed by atoms with E-state index in [1.165, 1.54) is 0 Å². The zero-order chi connectivity index (χ0) is 17.4. The highest BCUT2D eigenvalue weighted by molar-refractivity contribution is 6.31. The number of amides is 1. The minimum atomic E-state index is -0.0715. The van der Waals surface area contributed by atoms with Crippen molar-refractivity contribution in [3.8, 4) is 11.3 Å². The average Bonchev–Trinajstić information content (AvgIpc) is 3.35. The fourth-order valence-corrected chi connectivity index (χ4v) is 3.40. The lowest BCUT2D eigenvalue weighted by Crippen LogP contribution is -2.15. The lowest BCUT2D eigenvalue weighted by molar-refractivity contribution is -0.117. The third-order valence-electron chi connectivity index (χ3n) is 4.58. The topological polar surface area (TPSA) is 55.1 Å². The van der Waals surface area contributed by atoms with E-state index in [0.717, 1.165) is 17.5 Å². The van der Waals surface area contributed by atoms with E-state index < -0.39 is 0 Å². The number of carbonyl (C=O) groups is 1. The molecule has 0 bridgehead atoms. The molecule has 1 aromatic heterocycles. The molecule has 1 N–H and O–H groups in total.